The minimum absolute atomic E-state index is 0. The van der Waals surface area contributed by atoms with Crippen molar-refractivity contribution < 1.29 is 56.7 Å². The molecule has 0 aliphatic rings. The van der Waals surface area contributed by atoms with Gasteiger partial charge < -0.3 is 17.0 Å². The van der Waals surface area contributed by atoms with Crippen molar-refractivity contribution in [1.82, 2.24) is 0 Å². The van der Waals surface area contributed by atoms with Crippen molar-refractivity contribution >= 4 is 15.9 Å². The molecule has 116 valence electrons. The highest BCUT2D eigenvalue weighted by Gasteiger charge is 2.86. The average molecular weight is 439 g/mol. The van der Waals surface area contributed by atoms with Crippen LogP contribution in [-0.2, 0) is 6.05 Å². The molecule has 0 unspecified atom stereocenters. The molecule has 11 heteroatoms. The molecule has 1 heterocycles. The highest BCUT2D eigenvalue weighted by molar-refractivity contribution is 9.10. The summed E-state index contributed by atoms with van der Waals surface area (Å²) in [6.45, 7) is 0. The van der Waals surface area contributed by atoms with Gasteiger partial charge in [-0.15, -0.1) is 13.3 Å². The van der Waals surface area contributed by atoms with E-state index in [9.17, 15) is 35.1 Å². The normalized spacial score (nSPS) is 13.8. The second-order valence-corrected chi connectivity index (χ2v) is 4.67. The van der Waals surface area contributed by atoms with E-state index in [-0.39, 0.29) is 17.0 Å². The average Bonchev–Trinajstić information content (AvgIpc) is 2.26. The molecular weight excluding hydrogens is 434 g/mol. The largest absolute Gasteiger partial charge is 1.00 e. The zero-order valence-electron chi connectivity index (χ0n) is 9.11. The lowest BCUT2D eigenvalue weighted by Crippen LogP contribution is -3.00. The number of pyridine rings is 1. The molecule has 0 bridgehead atoms. The molecule has 0 aliphatic carbocycles. The lowest BCUT2D eigenvalue weighted by Gasteiger charge is -2.33. The Bertz CT molecular complexity index is 428. The molecule has 1 aromatic rings. The molecule has 0 aromatic carbocycles. The summed E-state index contributed by atoms with van der Waals surface area (Å²) in [7, 11) is 0. The Kier molecular flexibility index (Phi) is 5.61. The smallest absolute Gasteiger partial charge is 0.495 e. The zero-order valence-corrected chi connectivity index (χ0v) is 12.3. The third-order valence-corrected chi connectivity index (χ3v) is 3.61. The third kappa shape index (κ3) is 2.92. The molecule has 0 aliphatic heterocycles. The summed E-state index contributed by atoms with van der Waals surface area (Å²) >= 11 is 1.16. The third-order valence-electron chi connectivity index (χ3n) is 2.24. The second kappa shape index (κ2) is 5.74. The van der Waals surface area contributed by atoms with Crippen molar-refractivity contribution in [3.05, 3.63) is 30.6 Å². The quantitative estimate of drug-likeness (QED) is 0.365. The molecule has 0 spiro atoms. The number of hydrogen-bond donors (Lipinski definition) is 0. The van der Waals surface area contributed by atoms with E-state index in [1.54, 1.807) is 0 Å². The summed E-state index contributed by atoms with van der Waals surface area (Å²) < 4.78 is 96.6. The van der Waals surface area contributed by atoms with Crippen LogP contribution in [0.4, 0.5) is 35.1 Å². The molecule has 0 atom stereocenters. The second-order valence-electron chi connectivity index (χ2n) is 3.48. The van der Waals surface area contributed by atoms with E-state index >= 15 is 0 Å². The number of nitrogens with zero attached hydrogens (tertiary/aromatic N) is 1. The van der Waals surface area contributed by atoms with Gasteiger partial charge in [0.05, 0.1) is 0 Å². The van der Waals surface area contributed by atoms with Crippen LogP contribution in [0.1, 0.15) is 0 Å². The van der Waals surface area contributed by atoms with Crippen LogP contribution in [-0.4, -0.2) is 16.7 Å². The minimum Gasteiger partial charge on any atom is -1.00 e. The fourth-order valence-electron chi connectivity index (χ4n) is 1.27. The van der Waals surface area contributed by atoms with Gasteiger partial charge in [0.15, 0.2) is 12.4 Å². The highest BCUT2D eigenvalue weighted by atomic mass is 79.9. The number of rotatable bonds is 2. The number of alkyl halides is 9. The van der Waals surface area contributed by atoms with Crippen LogP contribution >= 0.6 is 15.9 Å². The Morgan fingerprint density at radius 1 is 0.700 bits per heavy atom. The first-order valence-corrected chi connectivity index (χ1v) is 5.32. The van der Waals surface area contributed by atoms with Gasteiger partial charge in [-0.3, -0.25) is 0 Å². The standard InChI is InChI=1S/C9H5BrF8N.BrH/c10-6(7(11,12)13,8(14,15)16)9(17,18)19-4-2-1-3-5-19;/h1-5H;1H/q+1;/p-1. The van der Waals surface area contributed by atoms with Gasteiger partial charge in [0.2, 0.25) is 0 Å². The van der Waals surface area contributed by atoms with Crippen LogP contribution in [0.5, 0.6) is 0 Å². The summed E-state index contributed by atoms with van der Waals surface area (Å²) in [4.78, 5) is 0. The van der Waals surface area contributed by atoms with Gasteiger partial charge in [0.25, 0.3) is 0 Å². The SMILES string of the molecule is FC(F)(F)C(Br)(C(F)(F)F)C(F)(F)[n+]1ccccc1.[Br-]. The van der Waals surface area contributed by atoms with E-state index < -0.39 is 27.3 Å². The highest BCUT2D eigenvalue weighted by Crippen LogP contribution is 2.57. The number of halogens is 10. The van der Waals surface area contributed by atoms with E-state index in [1.807, 2.05) is 0 Å². The predicted octanol–water partition coefficient (Wildman–Crippen LogP) is 0.786. The summed E-state index contributed by atoms with van der Waals surface area (Å²) in [6.07, 6.45) is -11.7. The van der Waals surface area contributed by atoms with Crippen molar-refractivity contribution in [3.8, 4) is 0 Å². The van der Waals surface area contributed by atoms with Crippen molar-refractivity contribution in [1.29, 1.82) is 0 Å². The van der Waals surface area contributed by atoms with Crippen molar-refractivity contribution in [3.63, 3.8) is 0 Å². The fourth-order valence-corrected chi connectivity index (χ4v) is 1.47. The Balaban J connectivity index is 0.00000361. The molecule has 20 heavy (non-hydrogen) atoms. The molecule has 0 N–H and O–H groups in total. The van der Waals surface area contributed by atoms with Crippen molar-refractivity contribution in [2.75, 3.05) is 0 Å². The Morgan fingerprint density at radius 2 is 1.05 bits per heavy atom. The Morgan fingerprint density at radius 3 is 1.35 bits per heavy atom. The lowest BCUT2D eigenvalue weighted by molar-refractivity contribution is -0.836. The molecule has 1 rings (SSSR count). The Hall–Kier alpha value is -0.450. The van der Waals surface area contributed by atoms with Crippen LogP contribution in [0.15, 0.2) is 30.6 Å². The maximum atomic E-state index is 13.7. The molecular formula is C9H5Br2F8N. The van der Waals surface area contributed by atoms with Gasteiger partial charge in [0, 0.05) is 12.1 Å². The van der Waals surface area contributed by atoms with Crippen LogP contribution in [0.3, 0.4) is 0 Å². The number of aromatic nitrogens is 1. The molecule has 0 saturated carbocycles. The van der Waals surface area contributed by atoms with Crippen LogP contribution in [0.25, 0.3) is 0 Å². The van der Waals surface area contributed by atoms with Gasteiger partial charge >= 0.3 is 22.7 Å². The van der Waals surface area contributed by atoms with Crippen LogP contribution in [0.2, 0.25) is 0 Å². The van der Waals surface area contributed by atoms with Gasteiger partial charge in [-0.25, -0.2) is 0 Å². The first-order chi connectivity index (χ1) is 8.36. The minimum atomic E-state index is -6.25. The van der Waals surface area contributed by atoms with Gasteiger partial charge in [-0.1, -0.05) is 22.0 Å². The van der Waals surface area contributed by atoms with E-state index in [4.69, 9.17) is 0 Å². The molecule has 0 saturated heterocycles. The first-order valence-electron chi connectivity index (χ1n) is 4.52. The van der Waals surface area contributed by atoms with E-state index in [1.165, 1.54) is 6.07 Å². The van der Waals surface area contributed by atoms with Crippen molar-refractivity contribution in [2.45, 2.75) is 22.7 Å². The van der Waals surface area contributed by atoms with Crippen LogP contribution in [0, 0.1) is 0 Å². The van der Waals surface area contributed by atoms with E-state index in [2.05, 4.69) is 0 Å². The molecule has 1 aromatic heterocycles. The predicted molar refractivity (Wildman–Crippen MR) is 50.6 cm³/mol. The molecule has 1 nitrogen and oxygen atoms in total. The summed E-state index contributed by atoms with van der Waals surface area (Å²) in [5.41, 5.74) is 0. The maximum Gasteiger partial charge on any atom is 0.495 e. The summed E-state index contributed by atoms with van der Waals surface area (Å²) in [5, 5.41) is 0. The molecule has 0 fully saturated rings. The summed E-state index contributed by atoms with van der Waals surface area (Å²) in [5.74, 6) is 0. The lowest BCUT2D eigenvalue weighted by atomic mass is 10.1. The Labute approximate surface area is 126 Å². The van der Waals surface area contributed by atoms with Crippen LogP contribution < -0.4 is 21.5 Å². The maximum absolute atomic E-state index is 13.7. The number of hydrogen-bond acceptors (Lipinski definition) is 0. The fraction of sp³-hybridized carbons (Fsp3) is 0.444. The zero-order chi connectivity index (χ0) is 15.1. The topological polar surface area (TPSA) is 3.88 Å². The first kappa shape index (κ1) is 19.6. The molecule has 0 amide bonds. The van der Waals surface area contributed by atoms with Gasteiger partial charge in [-0.05, 0) is 0 Å². The van der Waals surface area contributed by atoms with Gasteiger partial charge in [-0.2, -0.15) is 26.3 Å². The van der Waals surface area contributed by atoms with E-state index in [0.29, 0.717) is 12.4 Å². The van der Waals surface area contributed by atoms with Crippen molar-refractivity contribution in [2.24, 2.45) is 0 Å². The molecule has 0 radical (unpaired) electrons. The summed E-state index contributed by atoms with van der Waals surface area (Å²) in [6, 6.07) is -2.36. The van der Waals surface area contributed by atoms with Gasteiger partial charge in [0.1, 0.15) is 0 Å². The monoisotopic (exact) mass is 437 g/mol. The van der Waals surface area contributed by atoms with E-state index in [0.717, 1.165) is 28.1 Å².